The number of hydrogen-bond donors (Lipinski definition) is 1. The molecule has 146 valence electrons. The molecule has 1 saturated carbocycles. The number of alkyl halides is 3. The number of methoxy groups -OCH3 is 1. The van der Waals surface area contributed by atoms with Crippen LogP contribution in [-0.4, -0.2) is 34.3 Å². The monoisotopic (exact) mass is 400 g/mol. The van der Waals surface area contributed by atoms with Gasteiger partial charge in [-0.15, -0.1) is 5.10 Å². The minimum absolute atomic E-state index is 0.158. The lowest BCUT2D eigenvalue weighted by atomic mass is 9.98. The van der Waals surface area contributed by atoms with Gasteiger partial charge in [-0.05, 0) is 61.7 Å². The molecule has 0 radical (unpaired) electrons. The van der Waals surface area contributed by atoms with Crippen molar-refractivity contribution < 1.29 is 22.6 Å². The lowest BCUT2D eigenvalue weighted by molar-refractivity contribution is -0.147. The summed E-state index contributed by atoms with van der Waals surface area (Å²) in [7, 11) is 1.51. The van der Waals surface area contributed by atoms with Gasteiger partial charge >= 0.3 is 6.18 Å². The summed E-state index contributed by atoms with van der Waals surface area (Å²) in [6, 6.07) is 5.08. The quantitative estimate of drug-likeness (QED) is 0.590. The van der Waals surface area contributed by atoms with Crippen molar-refractivity contribution in [2.24, 2.45) is 5.10 Å². The van der Waals surface area contributed by atoms with Crippen molar-refractivity contribution in [1.82, 2.24) is 14.9 Å². The Morgan fingerprint density at radius 2 is 2.00 bits per heavy atom. The van der Waals surface area contributed by atoms with Gasteiger partial charge in [-0.25, -0.2) is 5.10 Å². The standard InChI is InChI=1S/C17H19F3N4O2S/c1-25-14-9-11(7-8-13(14)26-12-5-3-2-4-6-12)10-21-24-15(17(18,19)20)22-23-16(24)27/h7-10,12H,2-6H2,1H3,(H,23,27)/b21-10+. The fourth-order valence-corrected chi connectivity index (χ4v) is 3.11. The van der Waals surface area contributed by atoms with Crippen molar-refractivity contribution in [3.05, 3.63) is 34.4 Å². The van der Waals surface area contributed by atoms with Crippen molar-refractivity contribution >= 4 is 18.4 Å². The summed E-state index contributed by atoms with van der Waals surface area (Å²) in [4.78, 5) is 0. The Morgan fingerprint density at radius 1 is 1.26 bits per heavy atom. The zero-order chi connectivity index (χ0) is 19.4. The Kier molecular flexibility index (Phi) is 5.83. The number of aromatic amines is 1. The Hall–Kier alpha value is -2.36. The Labute approximate surface area is 159 Å². The van der Waals surface area contributed by atoms with Crippen LogP contribution in [0.2, 0.25) is 0 Å². The van der Waals surface area contributed by atoms with Crippen LogP contribution in [0.3, 0.4) is 0 Å². The highest BCUT2D eigenvalue weighted by atomic mass is 32.1. The number of aromatic nitrogens is 3. The topological polar surface area (TPSA) is 64.4 Å². The predicted molar refractivity (Wildman–Crippen MR) is 95.9 cm³/mol. The van der Waals surface area contributed by atoms with Crippen LogP contribution in [-0.2, 0) is 6.18 Å². The van der Waals surface area contributed by atoms with E-state index >= 15 is 0 Å². The first-order chi connectivity index (χ1) is 12.9. The molecule has 0 amide bonds. The molecule has 0 spiro atoms. The van der Waals surface area contributed by atoms with Crippen molar-refractivity contribution in [3.8, 4) is 11.5 Å². The Morgan fingerprint density at radius 3 is 2.67 bits per heavy atom. The highest BCUT2D eigenvalue weighted by molar-refractivity contribution is 7.71. The second kappa shape index (κ2) is 8.12. The molecule has 0 aliphatic heterocycles. The third-order valence-corrected chi connectivity index (χ3v) is 4.52. The van der Waals surface area contributed by atoms with E-state index in [4.69, 9.17) is 21.7 Å². The average Bonchev–Trinajstić information content (AvgIpc) is 3.02. The third kappa shape index (κ3) is 4.68. The van der Waals surface area contributed by atoms with Gasteiger partial charge in [-0.2, -0.15) is 22.9 Å². The van der Waals surface area contributed by atoms with Crippen molar-refractivity contribution in [3.63, 3.8) is 0 Å². The van der Waals surface area contributed by atoms with E-state index in [0.29, 0.717) is 21.7 Å². The summed E-state index contributed by atoms with van der Waals surface area (Å²) < 4.78 is 50.4. The fourth-order valence-electron chi connectivity index (χ4n) is 2.93. The molecule has 1 aromatic carbocycles. The summed E-state index contributed by atoms with van der Waals surface area (Å²) in [5, 5.41) is 9.07. The number of H-pyrrole nitrogens is 1. The van der Waals surface area contributed by atoms with E-state index in [9.17, 15) is 13.2 Å². The van der Waals surface area contributed by atoms with E-state index in [1.165, 1.54) is 19.7 Å². The second-order valence-corrected chi connectivity index (χ2v) is 6.58. The zero-order valence-corrected chi connectivity index (χ0v) is 15.4. The van der Waals surface area contributed by atoms with Crippen LogP contribution in [0, 0.1) is 4.77 Å². The minimum Gasteiger partial charge on any atom is -0.493 e. The molecule has 0 saturated heterocycles. The first kappa shape index (κ1) is 19.4. The molecule has 1 N–H and O–H groups in total. The maximum absolute atomic E-state index is 12.9. The summed E-state index contributed by atoms with van der Waals surface area (Å²) in [6.07, 6.45) is 2.27. The van der Waals surface area contributed by atoms with Crippen LogP contribution >= 0.6 is 12.2 Å². The van der Waals surface area contributed by atoms with Crippen molar-refractivity contribution in [2.75, 3.05) is 7.11 Å². The largest absolute Gasteiger partial charge is 0.493 e. The lowest BCUT2D eigenvalue weighted by Crippen LogP contribution is -2.19. The maximum atomic E-state index is 12.9. The van der Waals surface area contributed by atoms with Gasteiger partial charge in [-0.1, -0.05) is 6.42 Å². The smallest absolute Gasteiger partial charge is 0.453 e. The van der Waals surface area contributed by atoms with Gasteiger partial charge in [0.25, 0.3) is 5.82 Å². The van der Waals surface area contributed by atoms with Gasteiger partial charge in [0.1, 0.15) is 0 Å². The maximum Gasteiger partial charge on any atom is 0.453 e. The van der Waals surface area contributed by atoms with E-state index in [-0.39, 0.29) is 10.9 Å². The Balaban J connectivity index is 1.81. The molecule has 0 unspecified atom stereocenters. The Bertz CT molecular complexity index is 870. The van der Waals surface area contributed by atoms with E-state index in [1.54, 1.807) is 18.2 Å². The van der Waals surface area contributed by atoms with Gasteiger partial charge in [0.15, 0.2) is 11.5 Å². The molecular formula is C17H19F3N4O2S. The van der Waals surface area contributed by atoms with E-state index in [0.717, 1.165) is 25.7 Å². The van der Waals surface area contributed by atoms with E-state index < -0.39 is 12.0 Å². The van der Waals surface area contributed by atoms with Crippen LogP contribution in [0.5, 0.6) is 11.5 Å². The average molecular weight is 400 g/mol. The molecule has 27 heavy (non-hydrogen) atoms. The number of benzene rings is 1. The second-order valence-electron chi connectivity index (χ2n) is 6.19. The number of rotatable bonds is 5. The number of halogens is 3. The third-order valence-electron chi connectivity index (χ3n) is 4.26. The van der Waals surface area contributed by atoms with Gasteiger partial charge in [0, 0.05) is 0 Å². The summed E-state index contributed by atoms with van der Waals surface area (Å²) >= 11 is 4.80. The molecular weight excluding hydrogens is 381 g/mol. The molecule has 1 heterocycles. The lowest BCUT2D eigenvalue weighted by Gasteiger charge is -2.24. The van der Waals surface area contributed by atoms with Gasteiger partial charge < -0.3 is 9.47 Å². The fraction of sp³-hybridized carbons (Fsp3) is 0.471. The number of nitrogens with one attached hydrogen (secondary N) is 1. The zero-order valence-electron chi connectivity index (χ0n) is 14.6. The van der Waals surface area contributed by atoms with E-state index in [2.05, 4.69) is 15.3 Å². The molecule has 1 aliphatic carbocycles. The van der Waals surface area contributed by atoms with Gasteiger partial charge in [0.05, 0.1) is 19.4 Å². The number of nitrogens with zero attached hydrogens (tertiary/aromatic N) is 3. The van der Waals surface area contributed by atoms with Crippen LogP contribution in [0.4, 0.5) is 13.2 Å². The molecule has 2 aromatic rings. The summed E-state index contributed by atoms with van der Waals surface area (Å²) in [5.41, 5.74) is 0.541. The molecule has 1 aliphatic rings. The van der Waals surface area contributed by atoms with Crippen LogP contribution in [0.15, 0.2) is 23.3 Å². The summed E-state index contributed by atoms with van der Waals surface area (Å²) in [6.45, 7) is 0. The molecule has 1 aromatic heterocycles. The van der Waals surface area contributed by atoms with Crippen LogP contribution in [0.25, 0.3) is 0 Å². The van der Waals surface area contributed by atoms with Crippen LogP contribution < -0.4 is 9.47 Å². The first-order valence-corrected chi connectivity index (χ1v) is 8.93. The van der Waals surface area contributed by atoms with Crippen molar-refractivity contribution in [2.45, 2.75) is 44.4 Å². The number of hydrogen-bond acceptors (Lipinski definition) is 5. The first-order valence-electron chi connectivity index (χ1n) is 8.52. The highest BCUT2D eigenvalue weighted by Gasteiger charge is 2.37. The number of ether oxygens (including phenoxy) is 2. The van der Waals surface area contributed by atoms with Crippen molar-refractivity contribution in [1.29, 1.82) is 0 Å². The molecule has 1 fully saturated rings. The van der Waals surface area contributed by atoms with Crippen LogP contribution in [0.1, 0.15) is 43.5 Å². The normalized spacial score (nSPS) is 16.0. The minimum atomic E-state index is -4.67. The molecule has 0 bridgehead atoms. The van der Waals surface area contributed by atoms with Gasteiger partial charge in [0.2, 0.25) is 4.77 Å². The SMILES string of the molecule is COc1cc(/C=N/n2c(C(F)(F)F)n[nH]c2=S)ccc1OC1CCCCC1. The predicted octanol–water partition coefficient (Wildman–Crippen LogP) is 4.56. The molecule has 3 rings (SSSR count). The van der Waals surface area contributed by atoms with Gasteiger partial charge in [-0.3, -0.25) is 0 Å². The highest BCUT2D eigenvalue weighted by Crippen LogP contribution is 2.32. The summed E-state index contributed by atoms with van der Waals surface area (Å²) in [5.74, 6) is -0.109. The molecule has 6 nitrogen and oxygen atoms in total. The molecule has 10 heteroatoms. The molecule has 0 atom stereocenters. The van der Waals surface area contributed by atoms with E-state index in [1.807, 2.05) is 0 Å².